The predicted octanol–water partition coefficient (Wildman–Crippen LogP) is 4.51. The molecule has 1 aliphatic heterocycles. The fourth-order valence-corrected chi connectivity index (χ4v) is 3.08. The normalized spacial score (nSPS) is 20.6. The van der Waals surface area contributed by atoms with Crippen molar-refractivity contribution in [1.82, 2.24) is 0 Å². The van der Waals surface area contributed by atoms with E-state index in [1.54, 1.807) is 0 Å². The topological polar surface area (TPSA) is 59.6 Å². The Morgan fingerprint density at radius 3 is 2.60 bits per heavy atom. The second-order valence-corrected chi connectivity index (χ2v) is 6.32. The first-order chi connectivity index (χ1) is 11.7. The SMILES string of the molecule is Cc1ccc(C2OCCCC2CN=C(N)Nc2ccccc2)cc1.I. The third-order valence-corrected chi connectivity index (χ3v) is 4.39. The van der Waals surface area contributed by atoms with Crippen molar-refractivity contribution in [1.29, 1.82) is 0 Å². The Morgan fingerprint density at radius 1 is 1.16 bits per heavy atom. The minimum Gasteiger partial charge on any atom is -0.373 e. The van der Waals surface area contributed by atoms with Crippen molar-refractivity contribution < 1.29 is 4.74 Å². The van der Waals surface area contributed by atoms with Gasteiger partial charge in [0.15, 0.2) is 5.96 Å². The Balaban J connectivity index is 0.00000225. The quantitative estimate of drug-likeness (QED) is 0.409. The summed E-state index contributed by atoms with van der Waals surface area (Å²) in [5.74, 6) is 0.812. The maximum absolute atomic E-state index is 6.04. The van der Waals surface area contributed by atoms with Crippen LogP contribution >= 0.6 is 24.0 Å². The first-order valence-corrected chi connectivity index (χ1v) is 8.52. The molecule has 0 bridgehead atoms. The molecule has 3 N–H and O–H groups in total. The molecule has 2 aromatic rings. The van der Waals surface area contributed by atoms with E-state index in [1.807, 2.05) is 30.3 Å². The number of aryl methyl sites for hydroxylation is 1. The van der Waals surface area contributed by atoms with Crippen molar-refractivity contribution >= 4 is 35.6 Å². The van der Waals surface area contributed by atoms with E-state index in [0.29, 0.717) is 18.4 Å². The van der Waals surface area contributed by atoms with Crippen LogP contribution in [0.5, 0.6) is 0 Å². The van der Waals surface area contributed by atoms with Crippen LogP contribution in [0, 0.1) is 12.8 Å². The van der Waals surface area contributed by atoms with Crippen LogP contribution in [-0.2, 0) is 4.74 Å². The number of nitrogens with one attached hydrogen (secondary N) is 1. The van der Waals surface area contributed by atoms with E-state index in [2.05, 4.69) is 41.5 Å². The van der Waals surface area contributed by atoms with Gasteiger partial charge >= 0.3 is 0 Å². The second-order valence-electron chi connectivity index (χ2n) is 6.32. The lowest BCUT2D eigenvalue weighted by Gasteiger charge is -2.31. The summed E-state index contributed by atoms with van der Waals surface area (Å²) in [6, 6.07) is 18.5. The number of rotatable bonds is 4. The average molecular weight is 451 g/mol. The smallest absolute Gasteiger partial charge is 0.193 e. The van der Waals surface area contributed by atoms with Gasteiger partial charge in [-0.05, 0) is 37.5 Å². The average Bonchev–Trinajstić information content (AvgIpc) is 2.62. The number of guanidine groups is 1. The molecule has 25 heavy (non-hydrogen) atoms. The second kappa shape index (κ2) is 9.77. The number of aliphatic imine (C=N–C) groups is 1. The minimum absolute atomic E-state index is 0. The van der Waals surface area contributed by atoms with Crippen molar-refractivity contribution in [2.24, 2.45) is 16.6 Å². The fraction of sp³-hybridized carbons (Fsp3) is 0.350. The molecule has 134 valence electrons. The summed E-state index contributed by atoms with van der Waals surface area (Å²) in [6.45, 7) is 3.59. The third-order valence-electron chi connectivity index (χ3n) is 4.39. The summed E-state index contributed by atoms with van der Waals surface area (Å²) in [4.78, 5) is 4.54. The van der Waals surface area contributed by atoms with Crippen molar-refractivity contribution in [3.8, 4) is 0 Å². The maximum atomic E-state index is 6.04. The molecule has 0 aromatic heterocycles. The molecule has 2 atom stereocenters. The van der Waals surface area contributed by atoms with Gasteiger partial charge in [-0.1, -0.05) is 48.0 Å². The van der Waals surface area contributed by atoms with Gasteiger partial charge in [0, 0.05) is 24.8 Å². The highest BCUT2D eigenvalue weighted by Crippen LogP contribution is 2.33. The maximum Gasteiger partial charge on any atom is 0.193 e. The van der Waals surface area contributed by atoms with Gasteiger partial charge < -0.3 is 15.8 Å². The molecule has 1 heterocycles. The number of hydrogen-bond donors (Lipinski definition) is 2. The van der Waals surface area contributed by atoms with E-state index < -0.39 is 0 Å². The molecule has 2 unspecified atom stereocenters. The number of nitrogens with two attached hydrogens (primary N) is 1. The highest BCUT2D eigenvalue weighted by molar-refractivity contribution is 14.0. The van der Waals surface area contributed by atoms with Crippen molar-refractivity contribution in [3.63, 3.8) is 0 Å². The third kappa shape index (κ3) is 5.71. The van der Waals surface area contributed by atoms with Gasteiger partial charge in [-0.25, -0.2) is 0 Å². The number of anilines is 1. The Kier molecular flexibility index (Phi) is 7.71. The Labute approximate surface area is 166 Å². The molecule has 0 spiro atoms. The van der Waals surface area contributed by atoms with Gasteiger partial charge in [-0.2, -0.15) is 0 Å². The molecule has 0 aliphatic carbocycles. The van der Waals surface area contributed by atoms with Gasteiger partial charge in [0.25, 0.3) is 0 Å². The van der Waals surface area contributed by atoms with E-state index in [-0.39, 0.29) is 30.1 Å². The summed E-state index contributed by atoms with van der Waals surface area (Å²) in [5.41, 5.74) is 9.47. The number of ether oxygens (including phenoxy) is 1. The molecule has 1 aliphatic rings. The zero-order chi connectivity index (χ0) is 16.8. The zero-order valence-corrected chi connectivity index (χ0v) is 16.9. The number of hydrogen-bond acceptors (Lipinski definition) is 2. The Bertz CT molecular complexity index is 673. The first-order valence-electron chi connectivity index (χ1n) is 8.52. The van der Waals surface area contributed by atoms with Crippen LogP contribution in [0.3, 0.4) is 0 Å². The van der Waals surface area contributed by atoms with Crippen LogP contribution in [0.1, 0.15) is 30.1 Å². The number of halogens is 1. The van der Waals surface area contributed by atoms with Crippen molar-refractivity contribution in [2.45, 2.75) is 25.9 Å². The van der Waals surface area contributed by atoms with E-state index in [9.17, 15) is 0 Å². The highest BCUT2D eigenvalue weighted by atomic mass is 127. The van der Waals surface area contributed by atoms with Gasteiger partial charge in [0.1, 0.15) is 0 Å². The first kappa shape index (κ1) is 19.7. The summed E-state index contributed by atoms with van der Waals surface area (Å²) in [6.07, 6.45) is 2.29. The highest BCUT2D eigenvalue weighted by Gasteiger charge is 2.27. The summed E-state index contributed by atoms with van der Waals surface area (Å²) < 4.78 is 6.04. The minimum atomic E-state index is 0. The molecule has 2 aromatic carbocycles. The molecule has 1 saturated heterocycles. The van der Waals surface area contributed by atoms with Gasteiger partial charge in [0.05, 0.1) is 6.10 Å². The number of nitrogens with zero attached hydrogens (tertiary/aromatic N) is 1. The summed E-state index contributed by atoms with van der Waals surface area (Å²) in [5, 5.41) is 3.13. The molecule has 3 rings (SSSR count). The Morgan fingerprint density at radius 2 is 1.88 bits per heavy atom. The van der Waals surface area contributed by atoms with Crippen molar-refractivity contribution in [3.05, 3.63) is 65.7 Å². The molecule has 1 fully saturated rings. The van der Waals surface area contributed by atoms with Crippen LogP contribution in [0.4, 0.5) is 5.69 Å². The predicted molar refractivity (Wildman–Crippen MR) is 115 cm³/mol. The van der Waals surface area contributed by atoms with E-state index >= 15 is 0 Å². The van der Waals surface area contributed by atoms with E-state index in [4.69, 9.17) is 10.5 Å². The van der Waals surface area contributed by atoms with E-state index in [1.165, 1.54) is 11.1 Å². The molecule has 5 heteroatoms. The molecule has 0 saturated carbocycles. The Hall–Kier alpha value is -1.60. The monoisotopic (exact) mass is 451 g/mol. The van der Waals surface area contributed by atoms with Crippen LogP contribution < -0.4 is 11.1 Å². The number of para-hydroxylation sites is 1. The lowest BCUT2D eigenvalue weighted by molar-refractivity contribution is -0.0250. The number of benzene rings is 2. The molecular weight excluding hydrogens is 425 g/mol. The van der Waals surface area contributed by atoms with Gasteiger partial charge in [-0.3, -0.25) is 4.99 Å². The van der Waals surface area contributed by atoms with Gasteiger partial charge in [0.2, 0.25) is 0 Å². The standard InChI is InChI=1S/C20H25N3O.HI/c1-15-9-11-16(12-10-15)19-17(6-5-13-24-19)14-22-20(21)23-18-7-3-2-4-8-18;/h2-4,7-12,17,19H,5-6,13-14H2,1H3,(H3,21,22,23);1H. The van der Waals surface area contributed by atoms with Crippen LogP contribution in [-0.4, -0.2) is 19.1 Å². The van der Waals surface area contributed by atoms with Crippen molar-refractivity contribution in [2.75, 3.05) is 18.5 Å². The lowest BCUT2D eigenvalue weighted by Crippen LogP contribution is -2.28. The molecular formula is C20H26IN3O. The fourth-order valence-electron chi connectivity index (χ4n) is 3.08. The molecule has 0 amide bonds. The summed E-state index contributed by atoms with van der Waals surface area (Å²) in [7, 11) is 0. The largest absolute Gasteiger partial charge is 0.373 e. The lowest BCUT2D eigenvalue weighted by atomic mass is 9.89. The summed E-state index contributed by atoms with van der Waals surface area (Å²) >= 11 is 0. The van der Waals surface area contributed by atoms with Crippen LogP contribution in [0.2, 0.25) is 0 Å². The zero-order valence-electron chi connectivity index (χ0n) is 14.5. The molecule has 4 nitrogen and oxygen atoms in total. The van der Waals surface area contributed by atoms with Crippen LogP contribution in [0.15, 0.2) is 59.6 Å². The van der Waals surface area contributed by atoms with Crippen LogP contribution in [0.25, 0.3) is 0 Å². The van der Waals surface area contributed by atoms with E-state index in [0.717, 1.165) is 25.1 Å². The van der Waals surface area contributed by atoms with Gasteiger partial charge in [-0.15, -0.1) is 24.0 Å². The molecule has 0 radical (unpaired) electrons.